The topological polar surface area (TPSA) is 74.8 Å². The third kappa shape index (κ3) is 26.0. The predicted molar refractivity (Wildman–Crippen MR) is 176 cm³/mol. The van der Waals surface area contributed by atoms with Crippen LogP contribution in [0.2, 0.25) is 0 Å². The van der Waals surface area contributed by atoms with E-state index < -0.39 is 21.8 Å². The van der Waals surface area contributed by atoms with E-state index in [1.54, 1.807) is 0 Å². The number of halogens is 5. The summed E-state index contributed by atoms with van der Waals surface area (Å²) in [7, 11) is -2.08. The molecular weight excluding hydrogens is 656 g/mol. The van der Waals surface area contributed by atoms with Gasteiger partial charge in [0.15, 0.2) is 10.1 Å². The molecule has 13 heteroatoms. The van der Waals surface area contributed by atoms with E-state index in [0.717, 1.165) is 0 Å². The van der Waals surface area contributed by atoms with E-state index in [2.05, 4.69) is 83.7 Å². The van der Waals surface area contributed by atoms with E-state index in [0.29, 0.717) is 0 Å². The third-order valence-corrected chi connectivity index (χ3v) is 8.62. The summed E-state index contributed by atoms with van der Waals surface area (Å²) in [4.78, 5) is 0. The predicted octanol–water partition coefficient (Wildman–Crippen LogP) is 5.86. The Kier molecular flexibility index (Phi) is 29.6. The molecule has 0 aliphatic rings. The largest absolute Gasteiger partial charge is 1.00 e. The Hall–Kier alpha value is -1.66. The molecule has 0 N–H and O–H groups in total. The van der Waals surface area contributed by atoms with Crippen LogP contribution in [0.15, 0.2) is 37.4 Å². The van der Waals surface area contributed by atoms with Crippen molar-refractivity contribution in [2.24, 2.45) is 14.1 Å². The first-order valence-corrected chi connectivity index (χ1v) is 18.9. The highest BCUT2D eigenvalue weighted by Gasteiger charge is 2.48. The van der Waals surface area contributed by atoms with E-state index >= 15 is 0 Å². The van der Waals surface area contributed by atoms with Crippen LogP contribution in [0.4, 0.5) is 17.6 Å². The maximum atomic E-state index is 11.4. The molecule has 0 bridgehead atoms. The molecule has 2 aromatic rings. The average molecular weight is 719 g/mol. The van der Waals surface area contributed by atoms with Crippen LogP contribution in [-0.2, 0) is 37.3 Å². The van der Waals surface area contributed by atoms with Gasteiger partial charge >= 0.3 is 11.7 Å². The van der Waals surface area contributed by atoms with Crippen LogP contribution in [-0.4, -0.2) is 33.8 Å². The quantitative estimate of drug-likeness (QED) is 0.0591. The van der Waals surface area contributed by atoms with Crippen LogP contribution in [0.3, 0.4) is 0 Å². The zero-order valence-electron chi connectivity index (χ0n) is 29.4. The Morgan fingerprint density at radius 3 is 1.09 bits per heavy atom. The van der Waals surface area contributed by atoms with Gasteiger partial charge in [0.05, 0.1) is 27.2 Å². The Balaban J connectivity index is 0. The van der Waals surface area contributed by atoms with E-state index in [4.69, 9.17) is 0 Å². The number of nitrogens with zero attached hydrogens (tertiary/aromatic N) is 4. The molecule has 0 radical (unpaired) electrons. The lowest BCUT2D eigenvalue weighted by Gasteiger charge is -2.17. The molecule has 0 saturated heterocycles. The van der Waals surface area contributed by atoms with Crippen molar-refractivity contribution in [2.45, 2.75) is 167 Å². The van der Waals surface area contributed by atoms with Crippen molar-refractivity contribution in [3.63, 3.8) is 0 Å². The summed E-state index contributed by atoms with van der Waals surface area (Å²) in [5, 5.41) is -5.48. The molecule has 2 heterocycles. The molecule has 0 aliphatic heterocycles. The first-order chi connectivity index (χ1) is 21.8. The van der Waals surface area contributed by atoms with Crippen molar-refractivity contribution in [1.82, 2.24) is 9.13 Å². The fourth-order valence-corrected chi connectivity index (χ4v) is 5.16. The van der Waals surface area contributed by atoms with Crippen molar-refractivity contribution in [3.05, 3.63) is 37.4 Å². The van der Waals surface area contributed by atoms with Crippen LogP contribution < -0.4 is 21.5 Å². The molecule has 0 aromatic carbocycles. The molecular formula is C34H63ClF4N4O3S. The van der Waals surface area contributed by atoms with Gasteiger partial charge in [-0.2, -0.15) is 8.78 Å². The Morgan fingerprint density at radius 2 is 0.894 bits per heavy atom. The molecule has 47 heavy (non-hydrogen) atoms. The maximum absolute atomic E-state index is 11.4. The van der Waals surface area contributed by atoms with E-state index in [1.165, 1.54) is 142 Å². The van der Waals surface area contributed by atoms with Gasteiger partial charge in [0.2, 0.25) is 12.7 Å². The summed E-state index contributed by atoms with van der Waals surface area (Å²) in [5.74, 6) is 0. The minimum absolute atomic E-state index is 0. The molecule has 0 atom stereocenters. The van der Waals surface area contributed by atoms with Crippen LogP contribution in [0.5, 0.6) is 0 Å². The molecule has 0 saturated carbocycles. The molecule has 0 spiro atoms. The van der Waals surface area contributed by atoms with Gasteiger partial charge in [-0.05, 0) is 25.7 Å². The SMILES string of the molecule is CCCCCCCCCCCCn1cc[n+](C)c1.CCCCCCCCCCCCn1cc[n+](C)c1.O=S(=O)([O-])C(F)(F)C(F)F.[Cl-]. The Morgan fingerprint density at radius 1 is 0.617 bits per heavy atom. The molecule has 278 valence electrons. The second-order valence-electron chi connectivity index (χ2n) is 12.3. The van der Waals surface area contributed by atoms with Gasteiger partial charge in [-0.1, -0.05) is 117 Å². The van der Waals surface area contributed by atoms with Crippen LogP contribution in [0.1, 0.15) is 142 Å². The fourth-order valence-electron chi connectivity index (χ4n) is 4.94. The molecule has 2 rings (SSSR count). The second kappa shape index (κ2) is 29.3. The van der Waals surface area contributed by atoms with E-state index in [9.17, 15) is 30.5 Å². The lowest BCUT2D eigenvalue weighted by atomic mass is 10.1. The van der Waals surface area contributed by atoms with Gasteiger partial charge in [0.25, 0.3) is 0 Å². The third-order valence-electron chi connectivity index (χ3n) is 7.77. The monoisotopic (exact) mass is 718 g/mol. The maximum Gasteiger partial charge on any atom is 0.393 e. The van der Waals surface area contributed by atoms with E-state index in [1.807, 2.05) is 0 Å². The summed E-state index contributed by atoms with van der Waals surface area (Å²) in [6.07, 6.45) is 36.7. The summed E-state index contributed by atoms with van der Waals surface area (Å²) in [6, 6.07) is 0. The first-order valence-electron chi connectivity index (χ1n) is 17.5. The second-order valence-corrected chi connectivity index (χ2v) is 13.8. The van der Waals surface area contributed by atoms with Gasteiger partial charge in [-0.15, -0.1) is 0 Å². The summed E-state index contributed by atoms with van der Waals surface area (Å²) in [5.41, 5.74) is 0. The molecule has 2 aromatic heterocycles. The zero-order valence-corrected chi connectivity index (χ0v) is 31.0. The number of aromatic nitrogens is 4. The summed E-state index contributed by atoms with van der Waals surface area (Å²) < 4.78 is 81.5. The highest BCUT2D eigenvalue weighted by Crippen LogP contribution is 2.27. The average Bonchev–Trinajstić information content (AvgIpc) is 3.62. The van der Waals surface area contributed by atoms with Gasteiger partial charge in [-0.25, -0.2) is 35.5 Å². The van der Waals surface area contributed by atoms with Crippen LogP contribution in [0, 0.1) is 0 Å². The summed E-state index contributed by atoms with van der Waals surface area (Å²) in [6.45, 7) is 6.92. The number of hydrogen-bond acceptors (Lipinski definition) is 3. The highest BCUT2D eigenvalue weighted by atomic mass is 35.5. The lowest BCUT2D eigenvalue weighted by Crippen LogP contribution is -3.00. The number of aryl methyl sites for hydroxylation is 4. The van der Waals surface area contributed by atoms with Crippen molar-refractivity contribution in [3.8, 4) is 0 Å². The van der Waals surface area contributed by atoms with Crippen LogP contribution >= 0.6 is 0 Å². The van der Waals surface area contributed by atoms with Crippen molar-refractivity contribution < 1.29 is 52.1 Å². The molecule has 0 unspecified atom stereocenters. The highest BCUT2D eigenvalue weighted by molar-refractivity contribution is 7.86. The first kappa shape index (κ1) is 47.5. The van der Waals surface area contributed by atoms with E-state index in [-0.39, 0.29) is 12.4 Å². The fraction of sp³-hybridized carbons (Fsp3) is 0.824. The van der Waals surface area contributed by atoms with Gasteiger partial charge in [-0.3, -0.25) is 0 Å². The Bertz CT molecular complexity index is 1020. The van der Waals surface area contributed by atoms with Gasteiger partial charge in [0, 0.05) is 0 Å². The van der Waals surface area contributed by atoms with Crippen LogP contribution in [0.25, 0.3) is 0 Å². The van der Waals surface area contributed by atoms with Crippen molar-refractivity contribution in [2.75, 3.05) is 0 Å². The van der Waals surface area contributed by atoms with Gasteiger partial charge in [0.1, 0.15) is 24.8 Å². The molecule has 7 nitrogen and oxygen atoms in total. The van der Waals surface area contributed by atoms with Crippen molar-refractivity contribution >= 4 is 10.1 Å². The number of unbranched alkanes of at least 4 members (excludes halogenated alkanes) is 18. The zero-order chi connectivity index (χ0) is 34.7. The minimum Gasteiger partial charge on any atom is -1.00 e. The van der Waals surface area contributed by atoms with Gasteiger partial charge < -0.3 is 17.0 Å². The molecule has 0 fully saturated rings. The minimum atomic E-state index is -6.23. The normalized spacial score (nSPS) is 11.4. The summed E-state index contributed by atoms with van der Waals surface area (Å²) >= 11 is 0. The lowest BCUT2D eigenvalue weighted by molar-refractivity contribution is -0.671. The number of imidazole rings is 2. The smallest absolute Gasteiger partial charge is 0.393 e. The van der Waals surface area contributed by atoms with Crippen molar-refractivity contribution in [1.29, 1.82) is 0 Å². The molecule has 0 aliphatic carbocycles. The number of rotatable bonds is 24. The number of hydrogen-bond donors (Lipinski definition) is 0. The standard InChI is InChI=1S/2C16H31N2.C2H2F4O3S.ClH/c2*1-3-4-5-6-7-8-9-10-11-12-13-18-15-14-17(2)16-18;3-1(4)2(5,6)10(7,8)9;/h2*14-16H,3-13H2,1-2H3;1H,(H,7,8,9);1H/q2*+1;;/p-2. The molecule has 0 amide bonds. The Labute approximate surface area is 289 Å². The number of alkyl halides is 4.